The van der Waals surface area contributed by atoms with Crippen LogP contribution in [0.3, 0.4) is 0 Å². The van der Waals surface area contributed by atoms with Crippen LogP contribution in [0.15, 0.2) is 0 Å². The lowest BCUT2D eigenvalue weighted by Crippen LogP contribution is -2.39. The second-order valence-electron chi connectivity index (χ2n) is 4.41. The van der Waals surface area contributed by atoms with Crippen LogP contribution in [0.5, 0.6) is 0 Å². The maximum absolute atomic E-state index is 11.4. The molecule has 3 heteroatoms. The molecular formula is C11H22N2O. The minimum atomic E-state index is 0.222. The van der Waals surface area contributed by atoms with Gasteiger partial charge in [-0.2, -0.15) is 0 Å². The maximum Gasteiger partial charge on any atom is 0.220 e. The monoisotopic (exact) mass is 198 g/mol. The zero-order chi connectivity index (χ0) is 10.4. The predicted octanol–water partition coefficient (Wildman–Crippen LogP) is 1.43. The summed E-state index contributed by atoms with van der Waals surface area (Å²) in [6.45, 7) is 5.18. The summed E-state index contributed by atoms with van der Waals surface area (Å²) < 4.78 is 0. The van der Waals surface area contributed by atoms with Crippen molar-refractivity contribution in [1.82, 2.24) is 10.6 Å². The van der Waals surface area contributed by atoms with Crippen LogP contribution in [0.25, 0.3) is 0 Å². The van der Waals surface area contributed by atoms with E-state index in [1.54, 1.807) is 0 Å². The van der Waals surface area contributed by atoms with Gasteiger partial charge in [0.2, 0.25) is 5.91 Å². The molecule has 0 bridgehead atoms. The van der Waals surface area contributed by atoms with E-state index in [4.69, 9.17) is 0 Å². The van der Waals surface area contributed by atoms with Crippen LogP contribution in [0.4, 0.5) is 0 Å². The molecule has 0 aromatic heterocycles. The largest absolute Gasteiger partial charge is 0.353 e. The van der Waals surface area contributed by atoms with Crippen LogP contribution in [0.2, 0.25) is 0 Å². The quantitative estimate of drug-likeness (QED) is 0.634. The van der Waals surface area contributed by atoms with E-state index in [-0.39, 0.29) is 5.91 Å². The number of hydrogen-bond acceptors (Lipinski definition) is 2. The molecule has 0 atom stereocenters. The van der Waals surface area contributed by atoms with Gasteiger partial charge < -0.3 is 10.6 Å². The summed E-state index contributed by atoms with van der Waals surface area (Å²) in [7, 11) is 0. The molecule has 1 aliphatic carbocycles. The lowest BCUT2D eigenvalue weighted by molar-refractivity contribution is -0.122. The Hall–Kier alpha value is -0.570. The Morgan fingerprint density at radius 3 is 2.64 bits per heavy atom. The first-order valence-electron chi connectivity index (χ1n) is 5.71. The first-order chi connectivity index (χ1) is 6.68. The highest BCUT2D eigenvalue weighted by molar-refractivity contribution is 5.76. The average Bonchev–Trinajstić information content (AvgIpc) is 2.05. The molecule has 2 N–H and O–H groups in total. The maximum atomic E-state index is 11.4. The summed E-state index contributed by atoms with van der Waals surface area (Å²) in [4.78, 5) is 11.4. The second-order valence-corrected chi connectivity index (χ2v) is 4.41. The molecule has 14 heavy (non-hydrogen) atoms. The van der Waals surface area contributed by atoms with Crippen molar-refractivity contribution in [3.05, 3.63) is 0 Å². The fourth-order valence-corrected chi connectivity index (χ4v) is 1.49. The van der Waals surface area contributed by atoms with Crippen molar-refractivity contribution in [3.63, 3.8) is 0 Å². The van der Waals surface area contributed by atoms with E-state index >= 15 is 0 Å². The Morgan fingerprint density at radius 1 is 1.43 bits per heavy atom. The molecule has 1 fully saturated rings. The number of carbonyl (C=O) groups is 1. The van der Waals surface area contributed by atoms with Gasteiger partial charge in [0, 0.05) is 18.5 Å². The van der Waals surface area contributed by atoms with Crippen LogP contribution in [-0.2, 0) is 4.79 Å². The lowest BCUT2D eigenvalue weighted by atomic mass is 9.93. The van der Waals surface area contributed by atoms with E-state index in [1.165, 1.54) is 19.3 Å². The third-order valence-electron chi connectivity index (χ3n) is 2.60. The smallest absolute Gasteiger partial charge is 0.220 e. The fourth-order valence-electron chi connectivity index (χ4n) is 1.49. The van der Waals surface area contributed by atoms with Gasteiger partial charge in [-0.05, 0) is 32.2 Å². The Morgan fingerprint density at radius 2 is 2.14 bits per heavy atom. The fraction of sp³-hybridized carbons (Fsp3) is 0.909. The van der Waals surface area contributed by atoms with Gasteiger partial charge >= 0.3 is 0 Å². The van der Waals surface area contributed by atoms with Crippen molar-refractivity contribution in [2.45, 2.75) is 58.0 Å². The van der Waals surface area contributed by atoms with Crippen molar-refractivity contribution in [2.24, 2.45) is 0 Å². The van der Waals surface area contributed by atoms with E-state index in [0.29, 0.717) is 18.5 Å². The molecule has 1 aliphatic rings. The first kappa shape index (κ1) is 11.5. The zero-order valence-corrected chi connectivity index (χ0v) is 9.31. The Bertz CT molecular complexity index is 176. The molecule has 0 heterocycles. The van der Waals surface area contributed by atoms with Crippen molar-refractivity contribution >= 4 is 5.91 Å². The minimum absolute atomic E-state index is 0.222. The normalized spacial score (nSPS) is 16.8. The molecule has 1 amide bonds. The summed E-state index contributed by atoms with van der Waals surface area (Å²) in [5.41, 5.74) is 0. The summed E-state index contributed by atoms with van der Waals surface area (Å²) in [5, 5.41) is 6.34. The van der Waals surface area contributed by atoms with E-state index < -0.39 is 0 Å². The summed E-state index contributed by atoms with van der Waals surface area (Å²) in [5.74, 6) is 0.222. The molecule has 3 nitrogen and oxygen atoms in total. The third-order valence-corrected chi connectivity index (χ3v) is 2.60. The molecule has 0 radical (unpaired) electrons. The van der Waals surface area contributed by atoms with Gasteiger partial charge in [0.15, 0.2) is 0 Å². The van der Waals surface area contributed by atoms with Gasteiger partial charge in [0.05, 0.1) is 0 Å². The SMILES string of the molecule is CC(C)NCCCC(=O)NC1CCC1. The molecule has 0 aliphatic heterocycles. The van der Waals surface area contributed by atoms with E-state index in [0.717, 1.165) is 13.0 Å². The number of nitrogens with one attached hydrogen (secondary N) is 2. The number of rotatable bonds is 6. The number of amides is 1. The van der Waals surface area contributed by atoms with Crippen molar-refractivity contribution in [2.75, 3.05) is 6.54 Å². The van der Waals surface area contributed by atoms with Crippen molar-refractivity contribution < 1.29 is 4.79 Å². The summed E-state index contributed by atoms with van der Waals surface area (Å²) in [6, 6.07) is 1.00. The zero-order valence-electron chi connectivity index (χ0n) is 9.31. The Labute approximate surface area is 86.6 Å². The van der Waals surface area contributed by atoms with Crippen molar-refractivity contribution in [3.8, 4) is 0 Å². The number of carbonyl (C=O) groups excluding carboxylic acids is 1. The molecule has 0 aromatic rings. The molecule has 0 saturated heterocycles. The highest BCUT2D eigenvalue weighted by Crippen LogP contribution is 2.17. The van der Waals surface area contributed by atoms with Gasteiger partial charge in [0.1, 0.15) is 0 Å². The minimum Gasteiger partial charge on any atom is -0.353 e. The van der Waals surface area contributed by atoms with Gasteiger partial charge in [-0.25, -0.2) is 0 Å². The van der Waals surface area contributed by atoms with E-state index in [1.807, 2.05) is 0 Å². The van der Waals surface area contributed by atoms with Crippen LogP contribution in [0.1, 0.15) is 46.0 Å². The van der Waals surface area contributed by atoms with Gasteiger partial charge in [0.25, 0.3) is 0 Å². The molecule has 82 valence electrons. The highest BCUT2D eigenvalue weighted by Gasteiger charge is 2.18. The Kier molecular flexibility index (Phi) is 4.94. The molecule has 1 rings (SSSR count). The standard InChI is InChI=1S/C11H22N2O/c1-9(2)12-8-4-7-11(14)13-10-5-3-6-10/h9-10,12H,3-8H2,1-2H3,(H,13,14). The van der Waals surface area contributed by atoms with E-state index in [2.05, 4.69) is 24.5 Å². The predicted molar refractivity (Wildman–Crippen MR) is 58.2 cm³/mol. The van der Waals surface area contributed by atoms with Crippen molar-refractivity contribution in [1.29, 1.82) is 0 Å². The lowest BCUT2D eigenvalue weighted by Gasteiger charge is -2.26. The summed E-state index contributed by atoms with van der Waals surface area (Å²) >= 11 is 0. The molecule has 0 aromatic carbocycles. The van der Waals surface area contributed by atoms with Crippen LogP contribution in [-0.4, -0.2) is 24.5 Å². The summed E-state index contributed by atoms with van der Waals surface area (Å²) in [6.07, 6.45) is 5.23. The second kappa shape index (κ2) is 6.02. The average molecular weight is 198 g/mol. The van der Waals surface area contributed by atoms with Gasteiger partial charge in [-0.3, -0.25) is 4.79 Å². The molecular weight excluding hydrogens is 176 g/mol. The van der Waals surface area contributed by atoms with Gasteiger partial charge in [-0.15, -0.1) is 0 Å². The Balaban J connectivity index is 1.92. The molecule has 1 saturated carbocycles. The number of hydrogen-bond donors (Lipinski definition) is 2. The molecule has 0 spiro atoms. The first-order valence-corrected chi connectivity index (χ1v) is 5.71. The third kappa shape index (κ3) is 4.61. The molecule has 0 unspecified atom stereocenters. The van der Waals surface area contributed by atoms with Crippen LogP contribution in [0, 0.1) is 0 Å². The topological polar surface area (TPSA) is 41.1 Å². The highest BCUT2D eigenvalue weighted by atomic mass is 16.1. The van der Waals surface area contributed by atoms with Crippen LogP contribution < -0.4 is 10.6 Å². The van der Waals surface area contributed by atoms with Gasteiger partial charge in [-0.1, -0.05) is 13.8 Å². The van der Waals surface area contributed by atoms with E-state index in [9.17, 15) is 4.79 Å². The van der Waals surface area contributed by atoms with Crippen LogP contribution >= 0.6 is 0 Å².